The predicted molar refractivity (Wildman–Crippen MR) is 90.6 cm³/mol. The molecule has 0 unspecified atom stereocenters. The molecule has 2 amide bonds. The minimum atomic E-state index is -0.918. The van der Waals surface area contributed by atoms with Gasteiger partial charge < -0.3 is 15.1 Å². The maximum Gasteiger partial charge on any atom is 0.291 e. The summed E-state index contributed by atoms with van der Waals surface area (Å²) in [4.78, 5) is 23.8. The molecule has 3 rings (SSSR count). The van der Waals surface area contributed by atoms with E-state index in [2.05, 4.69) is 10.6 Å². The van der Waals surface area contributed by atoms with Crippen LogP contribution in [-0.4, -0.2) is 11.8 Å². The predicted octanol–water partition coefficient (Wildman–Crippen LogP) is 3.74. The summed E-state index contributed by atoms with van der Waals surface area (Å²) in [7, 11) is 0. The highest BCUT2D eigenvalue weighted by atomic mass is 19.1. The van der Waals surface area contributed by atoms with Crippen molar-refractivity contribution in [3.63, 3.8) is 0 Å². The number of rotatable bonds is 5. The zero-order chi connectivity index (χ0) is 18.5. The fraction of sp³-hybridized carbons (Fsp3) is 0.0526. The first kappa shape index (κ1) is 17.3. The van der Waals surface area contributed by atoms with E-state index in [1.54, 1.807) is 36.4 Å². The van der Waals surface area contributed by atoms with E-state index in [1.807, 2.05) is 0 Å². The molecule has 0 fully saturated rings. The molecule has 7 heteroatoms. The third-order valence-corrected chi connectivity index (χ3v) is 3.59. The second-order valence-corrected chi connectivity index (χ2v) is 5.44. The number of carbonyl (C=O) groups is 2. The van der Waals surface area contributed by atoms with E-state index in [-0.39, 0.29) is 23.8 Å². The van der Waals surface area contributed by atoms with Crippen LogP contribution in [0, 0.1) is 11.6 Å². The van der Waals surface area contributed by atoms with Crippen molar-refractivity contribution in [2.24, 2.45) is 0 Å². The standard InChI is InChI=1S/C19H14F2N2O3/c20-13-5-8-15(16(21)10-13)18(24)22-11-12-3-6-14(7-4-12)23-19(25)17-2-1-9-26-17/h1-10H,11H2,(H,22,24)(H,23,25). The van der Waals surface area contributed by atoms with Crippen molar-refractivity contribution >= 4 is 17.5 Å². The van der Waals surface area contributed by atoms with E-state index in [9.17, 15) is 18.4 Å². The fourth-order valence-corrected chi connectivity index (χ4v) is 2.26. The molecule has 0 saturated heterocycles. The summed E-state index contributed by atoms with van der Waals surface area (Å²) in [6, 6.07) is 12.7. The van der Waals surface area contributed by atoms with Gasteiger partial charge >= 0.3 is 0 Å². The van der Waals surface area contributed by atoms with Crippen LogP contribution in [0.5, 0.6) is 0 Å². The van der Waals surface area contributed by atoms with E-state index in [1.165, 1.54) is 6.26 Å². The summed E-state index contributed by atoms with van der Waals surface area (Å²) in [5, 5.41) is 5.22. The molecule has 0 atom stereocenters. The molecular weight excluding hydrogens is 342 g/mol. The third-order valence-electron chi connectivity index (χ3n) is 3.59. The molecule has 2 N–H and O–H groups in total. The molecule has 1 heterocycles. The Morgan fingerprint density at radius 3 is 2.38 bits per heavy atom. The molecule has 5 nitrogen and oxygen atoms in total. The SMILES string of the molecule is O=C(Nc1ccc(CNC(=O)c2ccc(F)cc2F)cc1)c1ccco1. The number of hydrogen-bond donors (Lipinski definition) is 2. The summed E-state index contributed by atoms with van der Waals surface area (Å²) in [6.07, 6.45) is 1.41. The van der Waals surface area contributed by atoms with Crippen molar-refractivity contribution < 1.29 is 22.8 Å². The van der Waals surface area contributed by atoms with Crippen LogP contribution in [0.3, 0.4) is 0 Å². The number of amides is 2. The van der Waals surface area contributed by atoms with E-state index in [0.29, 0.717) is 11.8 Å². The highest BCUT2D eigenvalue weighted by Gasteiger charge is 2.12. The number of carbonyl (C=O) groups excluding carboxylic acids is 2. The molecular formula is C19H14F2N2O3. The largest absolute Gasteiger partial charge is 0.459 e. The average Bonchev–Trinajstić information content (AvgIpc) is 3.16. The van der Waals surface area contributed by atoms with Gasteiger partial charge in [-0.2, -0.15) is 0 Å². The number of hydrogen-bond acceptors (Lipinski definition) is 3. The smallest absolute Gasteiger partial charge is 0.291 e. The minimum absolute atomic E-state index is 0.155. The van der Waals surface area contributed by atoms with E-state index in [4.69, 9.17) is 4.42 Å². The normalized spacial score (nSPS) is 10.4. The van der Waals surface area contributed by atoms with Crippen LogP contribution < -0.4 is 10.6 Å². The molecule has 0 radical (unpaired) electrons. The van der Waals surface area contributed by atoms with E-state index in [0.717, 1.165) is 17.7 Å². The van der Waals surface area contributed by atoms with Crippen LogP contribution in [0.1, 0.15) is 26.5 Å². The van der Waals surface area contributed by atoms with Gasteiger partial charge in [-0.1, -0.05) is 12.1 Å². The van der Waals surface area contributed by atoms with Crippen LogP contribution in [0.2, 0.25) is 0 Å². The zero-order valence-electron chi connectivity index (χ0n) is 13.5. The van der Waals surface area contributed by atoms with Crippen molar-refractivity contribution in [2.75, 3.05) is 5.32 Å². The maximum atomic E-state index is 13.6. The van der Waals surface area contributed by atoms with E-state index < -0.39 is 17.5 Å². The highest BCUT2D eigenvalue weighted by Crippen LogP contribution is 2.13. The van der Waals surface area contributed by atoms with Crippen LogP contribution in [0.15, 0.2) is 65.3 Å². The fourth-order valence-electron chi connectivity index (χ4n) is 2.26. The van der Waals surface area contributed by atoms with Crippen molar-refractivity contribution in [1.82, 2.24) is 5.32 Å². The van der Waals surface area contributed by atoms with E-state index >= 15 is 0 Å². The van der Waals surface area contributed by atoms with Gasteiger partial charge in [-0.15, -0.1) is 0 Å². The lowest BCUT2D eigenvalue weighted by atomic mass is 10.1. The first-order valence-corrected chi connectivity index (χ1v) is 7.70. The van der Waals surface area contributed by atoms with Crippen molar-refractivity contribution in [1.29, 1.82) is 0 Å². The summed E-state index contributed by atoms with van der Waals surface area (Å²) in [5.74, 6) is -2.48. The Bertz CT molecular complexity index is 922. The second-order valence-electron chi connectivity index (χ2n) is 5.44. The Kier molecular flexibility index (Phi) is 5.07. The van der Waals surface area contributed by atoms with Gasteiger partial charge in [0.05, 0.1) is 11.8 Å². The van der Waals surface area contributed by atoms with Crippen molar-refractivity contribution in [3.05, 3.63) is 89.4 Å². The maximum absolute atomic E-state index is 13.6. The third kappa shape index (κ3) is 4.13. The molecule has 2 aromatic carbocycles. The van der Waals surface area contributed by atoms with Crippen LogP contribution in [-0.2, 0) is 6.54 Å². The Hall–Kier alpha value is -3.48. The minimum Gasteiger partial charge on any atom is -0.459 e. The van der Waals surface area contributed by atoms with Crippen molar-refractivity contribution in [2.45, 2.75) is 6.54 Å². The molecule has 132 valence electrons. The lowest BCUT2D eigenvalue weighted by Gasteiger charge is -2.08. The highest BCUT2D eigenvalue weighted by molar-refractivity contribution is 6.02. The Balaban J connectivity index is 1.57. The lowest BCUT2D eigenvalue weighted by molar-refractivity contribution is 0.0945. The van der Waals surface area contributed by atoms with Crippen LogP contribution >= 0.6 is 0 Å². The van der Waals surface area contributed by atoms with Gasteiger partial charge in [0, 0.05) is 18.3 Å². The van der Waals surface area contributed by atoms with Gasteiger partial charge in [0.15, 0.2) is 5.76 Å². The average molecular weight is 356 g/mol. The first-order chi connectivity index (χ1) is 12.5. The molecule has 0 aliphatic rings. The number of nitrogens with one attached hydrogen (secondary N) is 2. The van der Waals surface area contributed by atoms with Gasteiger partial charge in [0.1, 0.15) is 11.6 Å². The van der Waals surface area contributed by atoms with Gasteiger partial charge in [-0.05, 0) is 42.0 Å². The number of halogens is 2. The summed E-state index contributed by atoms with van der Waals surface area (Å²) >= 11 is 0. The quantitative estimate of drug-likeness (QED) is 0.732. The lowest BCUT2D eigenvalue weighted by Crippen LogP contribution is -2.23. The molecule has 3 aromatic rings. The molecule has 26 heavy (non-hydrogen) atoms. The second kappa shape index (κ2) is 7.60. The Morgan fingerprint density at radius 2 is 1.73 bits per heavy atom. The number of anilines is 1. The van der Waals surface area contributed by atoms with Gasteiger partial charge in [-0.25, -0.2) is 8.78 Å². The first-order valence-electron chi connectivity index (χ1n) is 7.70. The summed E-state index contributed by atoms with van der Waals surface area (Å²) in [5.41, 5.74) is 1.08. The van der Waals surface area contributed by atoms with Gasteiger partial charge in [-0.3, -0.25) is 9.59 Å². The molecule has 0 saturated carbocycles. The summed E-state index contributed by atoms with van der Waals surface area (Å²) in [6.45, 7) is 0.155. The molecule has 0 spiro atoms. The topological polar surface area (TPSA) is 71.3 Å². The van der Waals surface area contributed by atoms with Gasteiger partial charge in [0.2, 0.25) is 0 Å². The number of benzene rings is 2. The van der Waals surface area contributed by atoms with Crippen LogP contribution in [0.4, 0.5) is 14.5 Å². The zero-order valence-corrected chi connectivity index (χ0v) is 13.5. The number of furan rings is 1. The van der Waals surface area contributed by atoms with Crippen LogP contribution in [0.25, 0.3) is 0 Å². The summed E-state index contributed by atoms with van der Waals surface area (Å²) < 4.78 is 31.4. The van der Waals surface area contributed by atoms with Gasteiger partial charge in [0.25, 0.3) is 11.8 Å². The molecule has 1 aromatic heterocycles. The Labute approximate surface area is 147 Å². The molecule has 0 aliphatic carbocycles. The monoisotopic (exact) mass is 356 g/mol. The van der Waals surface area contributed by atoms with Crippen molar-refractivity contribution in [3.8, 4) is 0 Å². The molecule has 0 bridgehead atoms. The Morgan fingerprint density at radius 1 is 0.962 bits per heavy atom. The molecule has 0 aliphatic heterocycles.